The van der Waals surface area contributed by atoms with Crippen LogP contribution in [0, 0.1) is 17.0 Å². The number of nitrogens with zero attached hydrogens (tertiary/aromatic N) is 2. The third-order valence-corrected chi connectivity index (χ3v) is 5.14. The first-order valence-electron chi connectivity index (χ1n) is 8.61. The van der Waals surface area contributed by atoms with Crippen molar-refractivity contribution in [2.75, 3.05) is 12.4 Å². The average molecular weight is 414 g/mol. The van der Waals surface area contributed by atoms with Gasteiger partial charge >= 0.3 is 0 Å². The molecule has 3 rings (SSSR count). The summed E-state index contributed by atoms with van der Waals surface area (Å²) in [5, 5.41) is 16.1. The van der Waals surface area contributed by atoms with E-state index in [0.29, 0.717) is 16.6 Å². The molecule has 1 aliphatic heterocycles. The number of anilines is 1. The summed E-state index contributed by atoms with van der Waals surface area (Å²) in [4.78, 5) is 39.5. The predicted molar refractivity (Wildman–Crippen MR) is 111 cm³/mol. The second kappa shape index (κ2) is 8.74. The maximum absolute atomic E-state index is 12.4. The van der Waals surface area contributed by atoms with E-state index >= 15 is 0 Å². The Hall–Kier alpha value is -3.40. The van der Waals surface area contributed by atoms with Gasteiger partial charge in [-0.2, -0.15) is 0 Å². The number of aryl methyl sites for hydroxylation is 1. The number of aliphatic imine (C=N–C) groups is 1. The van der Waals surface area contributed by atoms with Crippen LogP contribution in [0.3, 0.4) is 0 Å². The van der Waals surface area contributed by atoms with Crippen LogP contribution in [0.15, 0.2) is 47.5 Å². The lowest BCUT2D eigenvalue weighted by atomic mass is 10.2. The summed E-state index contributed by atoms with van der Waals surface area (Å²) in [6.07, 6.45) is -0.146. The zero-order valence-electron chi connectivity index (χ0n) is 15.7. The van der Waals surface area contributed by atoms with Gasteiger partial charge in [-0.1, -0.05) is 23.9 Å². The molecule has 1 saturated heterocycles. The molecule has 2 N–H and O–H groups in total. The smallest absolute Gasteiger partial charge is 0.296 e. The molecule has 0 radical (unpaired) electrons. The van der Waals surface area contributed by atoms with Crippen molar-refractivity contribution in [3.05, 3.63) is 58.1 Å². The number of nitro groups is 1. The molecule has 0 spiro atoms. The lowest BCUT2D eigenvalue weighted by Crippen LogP contribution is -2.28. The summed E-state index contributed by atoms with van der Waals surface area (Å²) in [6, 6.07) is 11.6. The predicted octanol–water partition coefficient (Wildman–Crippen LogP) is 3.16. The number of amides is 2. The van der Waals surface area contributed by atoms with Crippen LogP contribution in [0.25, 0.3) is 0 Å². The van der Waals surface area contributed by atoms with Gasteiger partial charge in [-0.25, -0.2) is 4.99 Å². The third-order valence-electron chi connectivity index (χ3n) is 4.06. The molecule has 1 aliphatic rings. The highest BCUT2D eigenvalue weighted by Crippen LogP contribution is 2.30. The molecule has 2 aromatic carbocycles. The minimum atomic E-state index is -0.670. The molecular weight excluding hydrogens is 396 g/mol. The molecule has 10 heteroatoms. The van der Waals surface area contributed by atoms with E-state index in [1.54, 1.807) is 0 Å². The number of carbonyl (C=O) groups excluding carboxylic acids is 2. The van der Waals surface area contributed by atoms with E-state index in [0.717, 1.165) is 17.3 Å². The van der Waals surface area contributed by atoms with Gasteiger partial charge in [0.1, 0.15) is 16.7 Å². The second-order valence-electron chi connectivity index (χ2n) is 6.24. The van der Waals surface area contributed by atoms with E-state index in [1.807, 2.05) is 31.2 Å². The topological polar surface area (TPSA) is 123 Å². The minimum absolute atomic E-state index is 0.0397. The molecule has 1 atom stereocenters. The molecule has 9 nitrogen and oxygen atoms in total. The van der Waals surface area contributed by atoms with Gasteiger partial charge in [-0.15, -0.1) is 0 Å². The number of nitrogens with one attached hydrogen (secondary N) is 2. The van der Waals surface area contributed by atoms with Gasteiger partial charge in [0.25, 0.3) is 5.69 Å². The largest absolute Gasteiger partial charge is 0.496 e. The number of nitro benzene ring substituents is 1. The number of carbonyl (C=O) groups is 2. The van der Waals surface area contributed by atoms with Crippen molar-refractivity contribution >= 4 is 45.8 Å². The monoisotopic (exact) mass is 414 g/mol. The Labute approximate surface area is 170 Å². The third kappa shape index (κ3) is 5.11. The van der Waals surface area contributed by atoms with E-state index < -0.39 is 16.1 Å². The Morgan fingerprint density at radius 3 is 2.83 bits per heavy atom. The Kier molecular flexibility index (Phi) is 6.13. The second-order valence-corrected chi connectivity index (χ2v) is 7.44. The fraction of sp³-hybridized carbons (Fsp3) is 0.211. The molecule has 29 heavy (non-hydrogen) atoms. The molecule has 2 amide bonds. The lowest BCUT2D eigenvalue weighted by molar-refractivity contribution is -0.384. The number of benzene rings is 2. The van der Waals surface area contributed by atoms with Crippen LogP contribution in [0.1, 0.15) is 12.0 Å². The van der Waals surface area contributed by atoms with Gasteiger partial charge in [-0.3, -0.25) is 19.7 Å². The Bertz CT molecular complexity index is 1010. The number of hydrogen-bond acceptors (Lipinski definition) is 7. The van der Waals surface area contributed by atoms with Gasteiger partial charge in [0.15, 0.2) is 5.17 Å². The normalized spacial score (nSPS) is 17.1. The number of thioether (sulfide) groups is 1. The Morgan fingerprint density at radius 2 is 2.14 bits per heavy atom. The Morgan fingerprint density at radius 1 is 1.34 bits per heavy atom. The van der Waals surface area contributed by atoms with Gasteiger partial charge in [0, 0.05) is 6.42 Å². The first-order chi connectivity index (χ1) is 13.9. The molecule has 1 fully saturated rings. The van der Waals surface area contributed by atoms with E-state index in [1.165, 1.54) is 25.3 Å². The molecule has 0 bridgehead atoms. The van der Waals surface area contributed by atoms with Crippen molar-refractivity contribution in [1.82, 2.24) is 5.32 Å². The van der Waals surface area contributed by atoms with Crippen LogP contribution >= 0.6 is 11.8 Å². The van der Waals surface area contributed by atoms with Crippen LogP contribution in [-0.2, 0) is 9.59 Å². The number of amidine groups is 1. The summed E-state index contributed by atoms with van der Waals surface area (Å²) in [5.74, 6) is -0.541. The molecular formula is C19H18N4O5S. The summed E-state index contributed by atoms with van der Waals surface area (Å²) in [5.41, 5.74) is 1.49. The van der Waals surface area contributed by atoms with Crippen molar-refractivity contribution in [3.63, 3.8) is 0 Å². The fourth-order valence-corrected chi connectivity index (χ4v) is 3.66. The van der Waals surface area contributed by atoms with Crippen LogP contribution in [0.2, 0.25) is 0 Å². The minimum Gasteiger partial charge on any atom is -0.496 e. The maximum atomic E-state index is 12.4. The molecule has 150 valence electrons. The molecule has 0 unspecified atom stereocenters. The Balaban J connectivity index is 1.67. The van der Waals surface area contributed by atoms with E-state index in [2.05, 4.69) is 15.6 Å². The highest BCUT2D eigenvalue weighted by atomic mass is 32.2. The highest BCUT2D eigenvalue weighted by Gasteiger charge is 2.32. The van der Waals surface area contributed by atoms with Crippen molar-refractivity contribution in [2.24, 2.45) is 4.99 Å². The SMILES string of the molecule is COc1ccc(NC(=O)C[C@H]2SC(=Nc3cccc(C)c3)NC2=O)c([N+](=O)[O-])c1. The standard InChI is InChI=1S/C19H18N4O5S/c1-11-4-3-5-12(8-11)20-19-22-18(25)16(29-19)10-17(24)21-14-7-6-13(28-2)9-15(14)23(26)27/h3-9,16H,10H2,1-2H3,(H,21,24)(H,20,22,25)/t16-/m1/s1. The molecule has 1 heterocycles. The van der Waals surface area contributed by atoms with Crippen molar-refractivity contribution < 1.29 is 19.2 Å². The lowest BCUT2D eigenvalue weighted by Gasteiger charge is -2.09. The number of rotatable bonds is 6. The first-order valence-corrected chi connectivity index (χ1v) is 9.49. The number of methoxy groups -OCH3 is 1. The van der Waals surface area contributed by atoms with Crippen LogP contribution in [0.5, 0.6) is 5.75 Å². The number of ether oxygens (including phenoxy) is 1. The summed E-state index contributed by atoms with van der Waals surface area (Å²) in [6.45, 7) is 1.94. The zero-order valence-corrected chi connectivity index (χ0v) is 16.5. The molecule has 0 saturated carbocycles. The molecule has 0 aromatic heterocycles. The highest BCUT2D eigenvalue weighted by molar-refractivity contribution is 8.15. The zero-order chi connectivity index (χ0) is 21.0. The molecule has 2 aromatic rings. The van der Waals surface area contributed by atoms with Crippen molar-refractivity contribution in [1.29, 1.82) is 0 Å². The van der Waals surface area contributed by atoms with Gasteiger partial charge in [0.2, 0.25) is 11.8 Å². The van der Waals surface area contributed by atoms with Gasteiger partial charge < -0.3 is 15.4 Å². The summed E-state index contributed by atoms with van der Waals surface area (Å²) < 4.78 is 4.97. The summed E-state index contributed by atoms with van der Waals surface area (Å²) >= 11 is 1.15. The quantitative estimate of drug-likeness (QED) is 0.553. The van der Waals surface area contributed by atoms with E-state index in [9.17, 15) is 19.7 Å². The van der Waals surface area contributed by atoms with Crippen molar-refractivity contribution in [3.8, 4) is 5.75 Å². The number of hydrogen-bond donors (Lipinski definition) is 2. The average Bonchev–Trinajstić information content (AvgIpc) is 3.00. The van der Waals surface area contributed by atoms with Crippen LogP contribution in [-0.4, -0.2) is 34.3 Å². The van der Waals surface area contributed by atoms with Crippen LogP contribution < -0.4 is 15.4 Å². The van der Waals surface area contributed by atoms with Crippen LogP contribution in [0.4, 0.5) is 17.1 Å². The molecule has 0 aliphatic carbocycles. The first kappa shape index (κ1) is 20.3. The van der Waals surface area contributed by atoms with E-state index in [4.69, 9.17) is 4.74 Å². The van der Waals surface area contributed by atoms with Crippen molar-refractivity contribution in [2.45, 2.75) is 18.6 Å². The van der Waals surface area contributed by atoms with Gasteiger partial charge in [-0.05, 0) is 36.8 Å². The maximum Gasteiger partial charge on any atom is 0.296 e. The fourth-order valence-electron chi connectivity index (χ4n) is 2.67. The van der Waals surface area contributed by atoms with Gasteiger partial charge in [0.05, 0.1) is 23.8 Å². The van der Waals surface area contributed by atoms with E-state index in [-0.39, 0.29) is 23.7 Å². The summed E-state index contributed by atoms with van der Waals surface area (Å²) in [7, 11) is 1.39.